The van der Waals surface area contributed by atoms with Crippen molar-refractivity contribution >= 4 is 22.6 Å². The summed E-state index contributed by atoms with van der Waals surface area (Å²) in [6, 6.07) is 6.30. The summed E-state index contributed by atoms with van der Waals surface area (Å²) in [4.78, 5) is 4.73. The molecule has 4 heteroatoms. The molecule has 0 spiro atoms. The van der Waals surface area contributed by atoms with Crippen LogP contribution in [-0.2, 0) is 0 Å². The van der Waals surface area contributed by atoms with Crippen molar-refractivity contribution < 1.29 is 0 Å². The van der Waals surface area contributed by atoms with Crippen molar-refractivity contribution in [1.82, 2.24) is 15.2 Å². The number of aromatic nitrogens is 3. The third kappa shape index (κ3) is 2.68. The van der Waals surface area contributed by atoms with Crippen LogP contribution in [-0.4, -0.2) is 15.2 Å². The van der Waals surface area contributed by atoms with Crippen molar-refractivity contribution in [2.45, 2.75) is 44.9 Å². The maximum Gasteiger partial charge on any atom is 0.182 e. The minimum Gasteiger partial charge on any atom is -0.262 e. The normalized spacial score (nSPS) is 16.7. The van der Waals surface area contributed by atoms with Crippen molar-refractivity contribution in [1.29, 1.82) is 0 Å². The van der Waals surface area contributed by atoms with E-state index in [0.717, 1.165) is 17.2 Å². The van der Waals surface area contributed by atoms with Crippen molar-refractivity contribution in [3.05, 3.63) is 33.2 Å². The predicted molar refractivity (Wildman–Crippen MR) is 85.1 cm³/mol. The molecule has 19 heavy (non-hydrogen) atoms. The lowest BCUT2D eigenvalue weighted by Gasteiger charge is -2.18. The molecule has 1 aliphatic carbocycles. The van der Waals surface area contributed by atoms with Crippen LogP contribution in [0, 0.1) is 10.5 Å². The second-order valence-electron chi connectivity index (χ2n) is 5.32. The first-order chi connectivity index (χ1) is 9.25. The third-order valence-electron chi connectivity index (χ3n) is 3.93. The molecule has 1 aromatic heterocycles. The lowest BCUT2D eigenvalue weighted by molar-refractivity contribution is 0.429. The molecule has 0 atom stereocenters. The van der Waals surface area contributed by atoms with Gasteiger partial charge in [0.25, 0.3) is 0 Å². The second kappa shape index (κ2) is 5.61. The topological polar surface area (TPSA) is 41.6 Å². The fourth-order valence-corrected chi connectivity index (χ4v) is 3.37. The van der Waals surface area contributed by atoms with Crippen LogP contribution >= 0.6 is 22.6 Å². The van der Waals surface area contributed by atoms with Gasteiger partial charge >= 0.3 is 0 Å². The lowest BCUT2D eigenvalue weighted by atomic mass is 9.89. The maximum atomic E-state index is 4.73. The van der Waals surface area contributed by atoms with Crippen LogP contribution in [0.25, 0.3) is 11.4 Å². The molecule has 1 aromatic carbocycles. The number of nitrogens with zero attached hydrogens (tertiary/aromatic N) is 2. The maximum absolute atomic E-state index is 4.73. The number of nitrogens with one attached hydrogen (secondary N) is 1. The Morgan fingerprint density at radius 1 is 1.21 bits per heavy atom. The van der Waals surface area contributed by atoms with Gasteiger partial charge in [0.2, 0.25) is 0 Å². The zero-order chi connectivity index (χ0) is 13.2. The molecular formula is C15H18IN3. The van der Waals surface area contributed by atoms with E-state index in [0.29, 0.717) is 5.92 Å². The molecular weight excluding hydrogens is 349 g/mol. The minimum atomic E-state index is 0.581. The molecule has 0 saturated heterocycles. The number of rotatable bonds is 2. The molecule has 0 bridgehead atoms. The van der Waals surface area contributed by atoms with E-state index >= 15 is 0 Å². The average Bonchev–Trinajstić information content (AvgIpc) is 2.92. The van der Waals surface area contributed by atoms with Gasteiger partial charge in [0.1, 0.15) is 5.82 Å². The Hall–Kier alpha value is -0.910. The molecule has 1 saturated carbocycles. The van der Waals surface area contributed by atoms with Crippen LogP contribution in [0.1, 0.15) is 49.4 Å². The smallest absolute Gasteiger partial charge is 0.182 e. The molecule has 3 nitrogen and oxygen atoms in total. The Morgan fingerprint density at radius 2 is 2.00 bits per heavy atom. The third-order valence-corrected chi connectivity index (χ3v) is 5.36. The molecule has 2 aromatic rings. The Labute approximate surface area is 127 Å². The molecule has 1 aliphatic rings. The zero-order valence-corrected chi connectivity index (χ0v) is 13.3. The molecule has 0 radical (unpaired) electrons. The quantitative estimate of drug-likeness (QED) is 0.798. The minimum absolute atomic E-state index is 0.581. The van der Waals surface area contributed by atoms with Gasteiger partial charge in [-0.3, -0.25) is 5.10 Å². The van der Waals surface area contributed by atoms with Crippen molar-refractivity contribution in [2.24, 2.45) is 0 Å². The van der Waals surface area contributed by atoms with Gasteiger partial charge in [0, 0.05) is 15.1 Å². The van der Waals surface area contributed by atoms with E-state index in [9.17, 15) is 0 Å². The standard InChI is InChI=1S/C15H18IN3/c1-10-6-5-9-12(13(10)16)15-17-14(18-19-15)11-7-3-2-4-8-11/h5-6,9,11H,2-4,7-8H2,1H3,(H,17,18,19). The van der Waals surface area contributed by atoms with Gasteiger partial charge in [0.15, 0.2) is 5.82 Å². The van der Waals surface area contributed by atoms with E-state index in [2.05, 4.69) is 57.9 Å². The van der Waals surface area contributed by atoms with Gasteiger partial charge in [0.05, 0.1) is 0 Å². The molecule has 1 N–H and O–H groups in total. The summed E-state index contributed by atoms with van der Waals surface area (Å²) in [5, 5.41) is 7.58. The van der Waals surface area contributed by atoms with Crippen LogP contribution in [0.5, 0.6) is 0 Å². The van der Waals surface area contributed by atoms with Crippen LogP contribution in [0.2, 0.25) is 0 Å². The molecule has 1 heterocycles. The highest BCUT2D eigenvalue weighted by Crippen LogP contribution is 2.32. The van der Waals surface area contributed by atoms with Gasteiger partial charge < -0.3 is 0 Å². The van der Waals surface area contributed by atoms with E-state index in [1.165, 1.54) is 41.2 Å². The van der Waals surface area contributed by atoms with E-state index in [1.54, 1.807) is 0 Å². The highest BCUT2D eigenvalue weighted by Gasteiger charge is 2.20. The average molecular weight is 367 g/mol. The summed E-state index contributed by atoms with van der Waals surface area (Å²) in [6.07, 6.45) is 6.51. The van der Waals surface area contributed by atoms with E-state index in [4.69, 9.17) is 4.98 Å². The molecule has 0 amide bonds. The summed E-state index contributed by atoms with van der Waals surface area (Å²) in [5.41, 5.74) is 2.42. The van der Waals surface area contributed by atoms with Crippen LogP contribution < -0.4 is 0 Å². The fraction of sp³-hybridized carbons (Fsp3) is 0.467. The Morgan fingerprint density at radius 3 is 2.79 bits per heavy atom. The summed E-state index contributed by atoms with van der Waals surface area (Å²) in [6.45, 7) is 2.12. The van der Waals surface area contributed by atoms with Gasteiger partial charge in [-0.05, 0) is 47.9 Å². The monoisotopic (exact) mass is 367 g/mol. The highest BCUT2D eigenvalue weighted by atomic mass is 127. The van der Waals surface area contributed by atoms with Crippen LogP contribution in [0.4, 0.5) is 0 Å². The first kappa shape index (κ1) is 13.1. The number of benzene rings is 1. The summed E-state index contributed by atoms with van der Waals surface area (Å²) < 4.78 is 1.24. The van der Waals surface area contributed by atoms with Gasteiger partial charge in [-0.15, -0.1) is 0 Å². The van der Waals surface area contributed by atoms with Crippen molar-refractivity contribution in [3.8, 4) is 11.4 Å². The SMILES string of the molecule is Cc1cccc(-c2n[nH]c(C3CCCCC3)n2)c1I. The molecule has 0 unspecified atom stereocenters. The summed E-state index contributed by atoms with van der Waals surface area (Å²) >= 11 is 2.38. The fourth-order valence-electron chi connectivity index (χ4n) is 2.77. The van der Waals surface area contributed by atoms with Crippen LogP contribution in [0.15, 0.2) is 18.2 Å². The largest absolute Gasteiger partial charge is 0.262 e. The Kier molecular flexibility index (Phi) is 3.86. The number of aryl methyl sites for hydroxylation is 1. The van der Waals surface area contributed by atoms with E-state index in [-0.39, 0.29) is 0 Å². The predicted octanol–water partition coefficient (Wildman–Crippen LogP) is 4.43. The highest BCUT2D eigenvalue weighted by molar-refractivity contribution is 14.1. The first-order valence-corrected chi connectivity index (χ1v) is 8.01. The number of halogens is 1. The summed E-state index contributed by atoms with van der Waals surface area (Å²) in [5.74, 6) is 2.50. The second-order valence-corrected chi connectivity index (χ2v) is 6.39. The number of hydrogen-bond acceptors (Lipinski definition) is 2. The first-order valence-electron chi connectivity index (χ1n) is 6.93. The lowest BCUT2D eigenvalue weighted by Crippen LogP contribution is -2.06. The van der Waals surface area contributed by atoms with Gasteiger partial charge in [-0.1, -0.05) is 37.5 Å². The number of aromatic amines is 1. The van der Waals surface area contributed by atoms with Crippen molar-refractivity contribution in [2.75, 3.05) is 0 Å². The van der Waals surface area contributed by atoms with E-state index in [1.807, 2.05) is 0 Å². The molecule has 0 aliphatic heterocycles. The number of hydrogen-bond donors (Lipinski definition) is 1. The number of H-pyrrole nitrogens is 1. The molecule has 100 valence electrons. The van der Waals surface area contributed by atoms with E-state index < -0.39 is 0 Å². The van der Waals surface area contributed by atoms with Gasteiger partial charge in [-0.2, -0.15) is 5.10 Å². The Bertz CT molecular complexity index is 571. The van der Waals surface area contributed by atoms with Crippen LogP contribution in [0.3, 0.4) is 0 Å². The molecule has 1 fully saturated rings. The molecule has 3 rings (SSSR count). The Balaban J connectivity index is 1.90. The van der Waals surface area contributed by atoms with Gasteiger partial charge in [-0.25, -0.2) is 4.98 Å². The van der Waals surface area contributed by atoms with Crippen molar-refractivity contribution in [3.63, 3.8) is 0 Å². The summed E-state index contributed by atoms with van der Waals surface area (Å²) in [7, 11) is 0. The zero-order valence-electron chi connectivity index (χ0n) is 11.1.